The molecule has 0 bridgehead atoms. The molecule has 37 heavy (non-hydrogen) atoms. The zero-order valence-electron chi connectivity index (χ0n) is 20.4. The molecule has 5 heteroatoms. The molecule has 0 nitrogen and oxygen atoms in total. The Labute approximate surface area is 255 Å². The van der Waals surface area contributed by atoms with Crippen molar-refractivity contribution in [2.24, 2.45) is 0 Å². The Hall–Kier alpha value is -1.84. The van der Waals surface area contributed by atoms with Gasteiger partial charge in [-0.2, -0.15) is 0 Å². The minimum atomic E-state index is 0. The molecule has 0 saturated carbocycles. The second kappa shape index (κ2) is 16.2. The average Bonchev–Trinajstić information content (AvgIpc) is 3.62. The number of benzene rings is 4. The first-order valence-corrected chi connectivity index (χ1v) is 14.3. The van der Waals surface area contributed by atoms with Crippen molar-refractivity contribution in [2.75, 3.05) is 12.3 Å². The van der Waals surface area contributed by atoms with Gasteiger partial charge >= 0.3 is 26.2 Å². The van der Waals surface area contributed by atoms with Crippen LogP contribution in [0.4, 0.5) is 0 Å². The van der Waals surface area contributed by atoms with Gasteiger partial charge in [0.1, 0.15) is 23.9 Å². The fraction of sp³-hybridized carbons (Fsp3) is 0.0625. The molecule has 2 heterocycles. The Bertz CT molecular complexity index is 1260. The van der Waals surface area contributed by atoms with Crippen LogP contribution in [0.15, 0.2) is 121 Å². The van der Waals surface area contributed by atoms with Crippen LogP contribution in [0.2, 0.25) is 0 Å². The molecule has 0 radical (unpaired) electrons. The predicted octanol–water partition coefficient (Wildman–Crippen LogP) is 2.19. The molecular formula is C32H28Cl2P2Zr+2. The predicted molar refractivity (Wildman–Crippen MR) is 158 cm³/mol. The van der Waals surface area contributed by atoms with Gasteiger partial charge in [-0.15, -0.1) is 0 Å². The van der Waals surface area contributed by atoms with E-state index in [0.29, 0.717) is 0 Å². The Balaban J connectivity index is 0.000000241. The van der Waals surface area contributed by atoms with Crippen LogP contribution in [0, 0.1) is 0 Å². The van der Waals surface area contributed by atoms with Crippen molar-refractivity contribution >= 4 is 50.3 Å². The van der Waals surface area contributed by atoms with Gasteiger partial charge in [-0.25, -0.2) is 0 Å². The SMILES string of the molecule is C1=[PH+]CC(c2ccccc2)=C1c1ccccc1.C1=[PH+]CC(c2ccccc2)=C1c1ccccc1.[Cl-].[Cl-].[Zr+2]. The van der Waals surface area contributed by atoms with Gasteiger partial charge in [-0.1, -0.05) is 121 Å². The van der Waals surface area contributed by atoms with Gasteiger partial charge in [0.2, 0.25) is 0 Å². The molecule has 2 unspecified atom stereocenters. The van der Waals surface area contributed by atoms with Crippen LogP contribution in [-0.4, -0.2) is 23.9 Å². The van der Waals surface area contributed by atoms with Crippen molar-refractivity contribution in [3.05, 3.63) is 144 Å². The first kappa shape index (κ1) is 31.4. The van der Waals surface area contributed by atoms with Gasteiger partial charge in [-0.05, 0) is 22.3 Å². The van der Waals surface area contributed by atoms with E-state index in [4.69, 9.17) is 0 Å². The minimum Gasteiger partial charge on any atom is -1.00 e. The van der Waals surface area contributed by atoms with Crippen LogP contribution >= 0.6 is 16.4 Å². The number of hydrogen-bond acceptors (Lipinski definition) is 0. The van der Waals surface area contributed by atoms with E-state index in [9.17, 15) is 0 Å². The summed E-state index contributed by atoms with van der Waals surface area (Å²) in [6.45, 7) is 0. The summed E-state index contributed by atoms with van der Waals surface area (Å²) in [5.41, 5.74) is 11.3. The number of hydrogen-bond donors (Lipinski definition) is 0. The first-order valence-electron chi connectivity index (χ1n) is 11.7. The average molecular weight is 637 g/mol. The third-order valence-electron chi connectivity index (χ3n) is 6.11. The van der Waals surface area contributed by atoms with E-state index in [1.54, 1.807) is 0 Å². The maximum atomic E-state index is 2.39. The Morgan fingerprint density at radius 2 is 0.649 bits per heavy atom. The maximum Gasteiger partial charge on any atom is 2.00 e. The third kappa shape index (κ3) is 8.07. The van der Waals surface area contributed by atoms with E-state index in [1.165, 1.54) is 56.9 Å². The monoisotopic (exact) mass is 634 g/mol. The summed E-state index contributed by atoms with van der Waals surface area (Å²) in [5, 5.41) is 0. The minimum absolute atomic E-state index is 0. The van der Waals surface area contributed by atoms with Crippen LogP contribution < -0.4 is 24.8 Å². The van der Waals surface area contributed by atoms with Gasteiger partial charge in [0.25, 0.3) is 0 Å². The van der Waals surface area contributed by atoms with E-state index >= 15 is 0 Å². The molecule has 0 amide bonds. The summed E-state index contributed by atoms with van der Waals surface area (Å²) in [4.78, 5) is 0. The standard InChI is InChI=1S/2C16H13P.2ClH.Zr/c2*1-3-7-13(8-4-1)15-11-17-12-16(15)14-9-5-2-6-10-14;;;/h2*1-11H,12H2;2*1H;/q;;;;+2. The number of allylic oxidation sites excluding steroid dienone is 4. The first-order chi connectivity index (χ1) is 16.9. The molecule has 2 aliphatic heterocycles. The van der Waals surface area contributed by atoms with Crippen LogP contribution in [-0.2, 0) is 26.2 Å². The topological polar surface area (TPSA) is 0 Å². The van der Waals surface area contributed by atoms with Crippen molar-refractivity contribution in [3.8, 4) is 0 Å². The van der Waals surface area contributed by atoms with Gasteiger partial charge in [-0.3, -0.25) is 0 Å². The molecule has 2 atom stereocenters. The zero-order chi connectivity index (χ0) is 23.0. The van der Waals surface area contributed by atoms with E-state index in [1.807, 2.05) is 0 Å². The Morgan fingerprint density at radius 1 is 0.378 bits per heavy atom. The number of rotatable bonds is 4. The molecule has 2 aliphatic rings. The largest absolute Gasteiger partial charge is 2.00 e. The van der Waals surface area contributed by atoms with Crippen molar-refractivity contribution in [3.63, 3.8) is 0 Å². The summed E-state index contributed by atoms with van der Waals surface area (Å²) in [6.07, 6.45) is 2.38. The molecule has 4 aromatic carbocycles. The van der Waals surface area contributed by atoms with E-state index < -0.39 is 0 Å². The molecule has 0 spiro atoms. The normalized spacial score (nSPS) is 14.1. The van der Waals surface area contributed by atoms with Crippen molar-refractivity contribution in [1.29, 1.82) is 0 Å². The summed E-state index contributed by atoms with van der Waals surface area (Å²) in [6, 6.07) is 42.9. The molecular weight excluding hydrogens is 608 g/mol. The van der Waals surface area contributed by atoms with E-state index in [0.717, 1.165) is 16.4 Å². The Morgan fingerprint density at radius 3 is 0.946 bits per heavy atom. The summed E-state index contributed by atoms with van der Waals surface area (Å²) in [5.74, 6) is 4.77. The molecule has 0 aliphatic carbocycles. The molecule has 0 saturated heterocycles. The van der Waals surface area contributed by atoms with E-state index in [-0.39, 0.29) is 51.0 Å². The van der Waals surface area contributed by atoms with Gasteiger partial charge in [0.15, 0.2) is 0 Å². The van der Waals surface area contributed by atoms with E-state index in [2.05, 4.69) is 133 Å². The van der Waals surface area contributed by atoms with Crippen LogP contribution in [0.5, 0.6) is 0 Å². The molecule has 0 fully saturated rings. The fourth-order valence-electron chi connectivity index (χ4n) is 4.42. The molecule has 6 rings (SSSR count). The third-order valence-corrected chi connectivity index (χ3v) is 8.22. The fourth-order valence-corrected chi connectivity index (χ4v) is 6.91. The summed E-state index contributed by atoms with van der Waals surface area (Å²) >= 11 is 0. The van der Waals surface area contributed by atoms with Crippen molar-refractivity contribution in [1.82, 2.24) is 0 Å². The molecule has 0 aromatic heterocycles. The second-order valence-electron chi connectivity index (χ2n) is 8.30. The van der Waals surface area contributed by atoms with Gasteiger partial charge in [0.05, 0.1) is 16.4 Å². The van der Waals surface area contributed by atoms with Crippen LogP contribution in [0.1, 0.15) is 22.3 Å². The molecule has 0 N–H and O–H groups in total. The molecule has 182 valence electrons. The van der Waals surface area contributed by atoms with Crippen LogP contribution in [0.3, 0.4) is 0 Å². The quantitative estimate of drug-likeness (QED) is 0.302. The van der Waals surface area contributed by atoms with Crippen molar-refractivity contribution in [2.45, 2.75) is 0 Å². The second-order valence-corrected chi connectivity index (χ2v) is 10.4. The zero-order valence-corrected chi connectivity index (χ0v) is 26.3. The van der Waals surface area contributed by atoms with Gasteiger partial charge < -0.3 is 24.8 Å². The Kier molecular flexibility index (Phi) is 13.7. The maximum absolute atomic E-state index is 2.39. The molecule has 4 aromatic rings. The number of halogens is 2. The van der Waals surface area contributed by atoms with Crippen LogP contribution in [0.25, 0.3) is 22.3 Å². The smallest absolute Gasteiger partial charge is 1.00 e. The van der Waals surface area contributed by atoms with Crippen molar-refractivity contribution < 1.29 is 51.0 Å². The summed E-state index contributed by atoms with van der Waals surface area (Å²) in [7, 11) is 1.84. The van der Waals surface area contributed by atoms with Gasteiger partial charge in [0, 0.05) is 22.3 Å². The summed E-state index contributed by atoms with van der Waals surface area (Å²) < 4.78 is 0.